The minimum atomic E-state index is -0.660. The first-order valence-electron chi connectivity index (χ1n) is 5.88. The number of carbonyl (C=O) groups excluding carboxylic acids is 1. The van der Waals surface area contributed by atoms with E-state index in [9.17, 15) is 14.3 Å². The van der Waals surface area contributed by atoms with Crippen molar-refractivity contribution in [2.75, 3.05) is 5.32 Å². The fraction of sp³-hybridized carbons (Fsp3) is 0.0714. The van der Waals surface area contributed by atoms with Crippen molar-refractivity contribution < 1.29 is 14.3 Å². The van der Waals surface area contributed by atoms with E-state index in [-0.39, 0.29) is 28.6 Å². The van der Waals surface area contributed by atoms with Crippen molar-refractivity contribution in [3.8, 4) is 5.75 Å². The molecule has 0 spiro atoms. The normalized spacial score (nSPS) is 10.4. The number of benzene rings is 2. The smallest absolute Gasteiger partial charge is 0.248 e. The van der Waals surface area contributed by atoms with E-state index in [2.05, 4.69) is 5.32 Å². The van der Waals surface area contributed by atoms with Gasteiger partial charge in [-0.2, -0.15) is 0 Å². The maximum atomic E-state index is 13.7. The Morgan fingerprint density at radius 3 is 2.67 bits per heavy atom. The van der Waals surface area contributed by atoms with E-state index in [1.54, 1.807) is 0 Å². The summed E-state index contributed by atoms with van der Waals surface area (Å²) >= 11 is 11.6. The van der Waals surface area contributed by atoms with E-state index in [1.165, 1.54) is 24.3 Å². The lowest BCUT2D eigenvalue weighted by atomic mass is 10.1. The molecule has 4 nitrogen and oxygen atoms in total. The number of amides is 1. The maximum absolute atomic E-state index is 13.7. The molecule has 0 saturated heterocycles. The van der Waals surface area contributed by atoms with Crippen LogP contribution in [0.25, 0.3) is 0 Å². The highest BCUT2D eigenvalue weighted by molar-refractivity contribution is 6.35. The number of anilines is 1. The van der Waals surface area contributed by atoms with Gasteiger partial charge in [-0.25, -0.2) is 4.39 Å². The molecule has 1 amide bonds. The number of primary amides is 1. The van der Waals surface area contributed by atoms with Crippen LogP contribution in [0.2, 0.25) is 10.0 Å². The first kappa shape index (κ1) is 15.4. The number of phenolic OH excluding ortho intramolecular Hbond substituents is 1. The Kier molecular flexibility index (Phi) is 4.55. The molecule has 4 N–H and O–H groups in total. The van der Waals surface area contributed by atoms with Crippen molar-refractivity contribution in [2.45, 2.75) is 6.54 Å². The molecule has 110 valence electrons. The summed E-state index contributed by atoms with van der Waals surface area (Å²) in [5.74, 6) is -1.35. The Balaban J connectivity index is 2.24. The number of nitrogens with two attached hydrogens (primary N) is 1. The zero-order valence-electron chi connectivity index (χ0n) is 10.7. The van der Waals surface area contributed by atoms with Gasteiger partial charge >= 0.3 is 0 Å². The van der Waals surface area contributed by atoms with Crippen molar-refractivity contribution in [2.24, 2.45) is 5.73 Å². The summed E-state index contributed by atoms with van der Waals surface area (Å²) in [6.07, 6.45) is 0. The van der Waals surface area contributed by atoms with Crippen molar-refractivity contribution in [3.05, 3.63) is 57.3 Å². The van der Waals surface area contributed by atoms with Crippen LogP contribution in [0.1, 0.15) is 15.9 Å². The highest BCUT2D eigenvalue weighted by Gasteiger charge is 2.10. The Labute approximate surface area is 130 Å². The van der Waals surface area contributed by atoms with Gasteiger partial charge in [0.1, 0.15) is 11.6 Å². The van der Waals surface area contributed by atoms with Crippen LogP contribution in [0.5, 0.6) is 5.75 Å². The minimum absolute atomic E-state index is 0.0747. The summed E-state index contributed by atoms with van der Waals surface area (Å²) in [5.41, 5.74) is 5.80. The number of phenols is 1. The molecule has 2 rings (SSSR count). The second-order valence-electron chi connectivity index (χ2n) is 4.31. The number of aromatic hydroxyl groups is 1. The van der Waals surface area contributed by atoms with Crippen LogP contribution in [0.15, 0.2) is 30.3 Å². The predicted octanol–water partition coefficient (Wildman–Crippen LogP) is 3.55. The molecule has 7 heteroatoms. The van der Waals surface area contributed by atoms with Gasteiger partial charge < -0.3 is 16.2 Å². The summed E-state index contributed by atoms with van der Waals surface area (Å²) in [5, 5.41) is 13.0. The summed E-state index contributed by atoms with van der Waals surface area (Å²) < 4.78 is 13.7. The maximum Gasteiger partial charge on any atom is 0.248 e. The molecule has 0 aromatic heterocycles. The lowest BCUT2D eigenvalue weighted by molar-refractivity contribution is 0.100. The van der Waals surface area contributed by atoms with E-state index < -0.39 is 11.7 Å². The molecule has 0 aliphatic rings. The third-order valence-corrected chi connectivity index (χ3v) is 3.33. The fourth-order valence-electron chi connectivity index (χ4n) is 1.76. The van der Waals surface area contributed by atoms with E-state index in [1.807, 2.05) is 0 Å². The van der Waals surface area contributed by atoms with Crippen molar-refractivity contribution in [3.63, 3.8) is 0 Å². The quantitative estimate of drug-likeness (QED) is 0.803. The third-order valence-electron chi connectivity index (χ3n) is 2.83. The molecule has 2 aromatic carbocycles. The fourth-order valence-corrected chi connectivity index (χ4v) is 2.29. The summed E-state index contributed by atoms with van der Waals surface area (Å²) in [4.78, 5) is 11.1. The van der Waals surface area contributed by atoms with Crippen LogP contribution < -0.4 is 11.1 Å². The predicted molar refractivity (Wildman–Crippen MR) is 80.4 cm³/mol. The Hall–Kier alpha value is -1.98. The van der Waals surface area contributed by atoms with E-state index in [0.29, 0.717) is 10.6 Å². The molecular formula is C14H11Cl2FN2O2. The van der Waals surface area contributed by atoms with Crippen LogP contribution in [0, 0.1) is 5.82 Å². The highest BCUT2D eigenvalue weighted by atomic mass is 35.5. The van der Waals surface area contributed by atoms with Crippen LogP contribution in [-0.2, 0) is 6.54 Å². The van der Waals surface area contributed by atoms with Gasteiger partial charge in [-0.15, -0.1) is 0 Å². The zero-order valence-corrected chi connectivity index (χ0v) is 12.2. The van der Waals surface area contributed by atoms with Gasteiger partial charge in [0.15, 0.2) is 0 Å². The molecule has 2 aromatic rings. The molecular weight excluding hydrogens is 318 g/mol. The summed E-state index contributed by atoms with van der Waals surface area (Å²) in [6.45, 7) is 0.0747. The molecule has 0 heterocycles. The Morgan fingerprint density at radius 2 is 2.00 bits per heavy atom. The molecule has 21 heavy (non-hydrogen) atoms. The number of hydrogen-bond acceptors (Lipinski definition) is 3. The summed E-state index contributed by atoms with van der Waals surface area (Å²) in [6, 6.07) is 6.62. The van der Waals surface area contributed by atoms with E-state index >= 15 is 0 Å². The van der Waals surface area contributed by atoms with Crippen molar-refractivity contribution >= 4 is 34.8 Å². The lowest BCUT2D eigenvalue weighted by Crippen LogP contribution is -2.12. The van der Waals surface area contributed by atoms with Gasteiger partial charge in [0.2, 0.25) is 5.91 Å². The topological polar surface area (TPSA) is 75.4 Å². The second kappa shape index (κ2) is 6.20. The van der Waals surface area contributed by atoms with Gasteiger partial charge in [-0.05, 0) is 30.3 Å². The minimum Gasteiger partial charge on any atom is -0.506 e. The lowest BCUT2D eigenvalue weighted by Gasteiger charge is -2.11. The largest absolute Gasteiger partial charge is 0.506 e. The number of halogens is 3. The Morgan fingerprint density at radius 1 is 1.29 bits per heavy atom. The average Bonchev–Trinajstić information content (AvgIpc) is 2.42. The molecule has 0 radical (unpaired) electrons. The number of carbonyl (C=O) groups is 1. The number of nitrogens with one attached hydrogen (secondary N) is 1. The molecule has 0 aliphatic carbocycles. The van der Waals surface area contributed by atoms with Gasteiger partial charge in [0, 0.05) is 22.7 Å². The van der Waals surface area contributed by atoms with Gasteiger partial charge in [-0.3, -0.25) is 4.79 Å². The first-order chi connectivity index (χ1) is 9.88. The van der Waals surface area contributed by atoms with Crippen LogP contribution in [0.4, 0.5) is 10.1 Å². The highest BCUT2D eigenvalue weighted by Crippen LogP contribution is 2.31. The van der Waals surface area contributed by atoms with Crippen LogP contribution in [-0.4, -0.2) is 11.0 Å². The molecule has 0 saturated carbocycles. The van der Waals surface area contributed by atoms with Gasteiger partial charge in [0.05, 0.1) is 10.7 Å². The average molecular weight is 329 g/mol. The van der Waals surface area contributed by atoms with Gasteiger partial charge in [0.25, 0.3) is 0 Å². The Bertz CT molecular complexity index is 708. The zero-order chi connectivity index (χ0) is 15.6. The van der Waals surface area contributed by atoms with Crippen molar-refractivity contribution in [1.82, 2.24) is 0 Å². The van der Waals surface area contributed by atoms with Crippen LogP contribution in [0.3, 0.4) is 0 Å². The van der Waals surface area contributed by atoms with Crippen molar-refractivity contribution in [1.29, 1.82) is 0 Å². The third kappa shape index (κ3) is 3.56. The second-order valence-corrected chi connectivity index (χ2v) is 5.15. The standard InChI is InChI=1S/C14H11Cl2FN2O2/c15-9-3-8(13(20)10(16)5-9)6-19-12-4-7(14(18)21)1-2-11(12)17/h1-5,19-20H,6H2,(H2,18,21). The molecule has 0 bridgehead atoms. The SMILES string of the molecule is NC(=O)c1ccc(F)c(NCc2cc(Cl)cc(Cl)c2O)c1. The molecule has 0 fully saturated rings. The first-order valence-corrected chi connectivity index (χ1v) is 6.64. The van der Waals surface area contributed by atoms with E-state index in [4.69, 9.17) is 28.9 Å². The monoisotopic (exact) mass is 328 g/mol. The molecule has 0 unspecified atom stereocenters. The van der Waals surface area contributed by atoms with E-state index in [0.717, 1.165) is 6.07 Å². The summed E-state index contributed by atoms with van der Waals surface area (Å²) in [7, 11) is 0. The molecule has 0 aliphatic heterocycles. The van der Waals surface area contributed by atoms with Crippen LogP contribution >= 0.6 is 23.2 Å². The number of hydrogen-bond donors (Lipinski definition) is 3. The van der Waals surface area contributed by atoms with Gasteiger partial charge in [-0.1, -0.05) is 23.2 Å². The molecule has 0 atom stereocenters. The number of rotatable bonds is 4.